The number of hydrogen-bond acceptors (Lipinski definition) is 7. The lowest BCUT2D eigenvalue weighted by molar-refractivity contribution is 0.153. The van der Waals surface area contributed by atoms with Crippen molar-refractivity contribution in [1.82, 2.24) is 0 Å². The molecular formula is CO7S2-2. The topological polar surface area (TPSA) is 116 Å². The van der Waals surface area contributed by atoms with Crippen LogP contribution in [0.3, 0.4) is 0 Å². The standard InChI is InChI=1S/CH2O7S2/c2-1(7-9(3)4)8-10(5)6/h(H,3,4)(H,5,6)/p-2. The van der Waals surface area contributed by atoms with Gasteiger partial charge in [0.15, 0.2) is 0 Å². The molecule has 7 nitrogen and oxygen atoms in total. The minimum atomic E-state index is -3.11. The van der Waals surface area contributed by atoms with Crippen LogP contribution in [0.2, 0.25) is 0 Å². The molecule has 9 heteroatoms. The van der Waals surface area contributed by atoms with Crippen LogP contribution in [0.4, 0.5) is 4.79 Å². The second-order valence-electron chi connectivity index (χ2n) is 0.825. The number of carbonyl (C=O) groups is 1. The largest absolute Gasteiger partial charge is 0.740 e. The highest BCUT2D eigenvalue weighted by atomic mass is 32.2. The Bertz CT molecular complexity index is 154. The van der Waals surface area contributed by atoms with Gasteiger partial charge in [-0.3, -0.25) is 0 Å². The van der Waals surface area contributed by atoms with E-state index in [0.29, 0.717) is 0 Å². The molecule has 0 rings (SSSR count). The van der Waals surface area contributed by atoms with E-state index in [0.717, 1.165) is 0 Å². The van der Waals surface area contributed by atoms with Gasteiger partial charge in [-0.1, -0.05) is 0 Å². The molecule has 2 unspecified atom stereocenters. The van der Waals surface area contributed by atoms with Gasteiger partial charge in [-0.25, -0.2) is 13.2 Å². The second kappa shape index (κ2) is 4.33. The van der Waals surface area contributed by atoms with E-state index < -0.39 is 28.9 Å². The molecule has 0 aliphatic heterocycles. The van der Waals surface area contributed by atoms with Gasteiger partial charge >= 0.3 is 6.16 Å². The van der Waals surface area contributed by atoms with Crippen LogP contribution in [0.5, 0.6) is 0 Å². The molecule has 0 radical (unpaired) electrons. The molecule has 0 fully saturated rings. The molecule has 2 atom stereocenters. The van der Waals surface area contributed by atoms with Crippen LogP contribution in [0.15, 0.2) is 0 Å². The Morgan fingerprint density at radius 3 is 1.60 bits per heavy atom. The Hall–Kier alpha value is -0.510. The fraction of sp³-hybridized carbons (Fsp3) is 0. The molecule has 0 aromatic heterocycles. The summed E-state index contributed by atoms with van der Waals surface area (Å²) < 4.78 is 44.3. The van der Waals surface area contributed by atoms with Gasteiger partial charge < -0.3 is 17.5 Å². The van der Waals surface area contributed by atoms with Crippen LogP contribution in [-0.2, 0) is 31.1 Å². The molecule has 60 valence electrons. The number of carbonyl (C=O) groups excluding carboxylic acids is 1. The summed E-state index contributed by atoms with van der Waals surface area (Å²) in [5, 5.41) is 0. The van der Waals surface area contributed by atoms with E-state index in [9.17, 15) is 22.3 Å². The predicted octanol–water partition coefficient (Wildman–Crippen LogP) is -1.27. The highest BCUT2D eigenvalue weighted by Crippen LogP contribution is 1.88. The van der Waals surface area contributed by atoms with Crippen molar-refractivity contribution in [3.05, 3.63) is 0 Å². The average Bonchev–Trinajstić information content (AvgIpc) is 1.58. The van der Waals surface area contributed by atoms with Gasteiger partial charge in [-0.2, -0.15) is 0 Å². The molecule has 0 bridgehead atoms. The van der Waals surface area contributed by atoms with E-state index in [1.807, 2.05) is 0 Å². The summed E-state index contributed by atoms with van der Waals surface area (Å²) in [6.07, 6.45) is -1.82. The molecule has 0 amide bonds. The smallest absolute Gasteiger partial charge is 0.535 e. The minimum absolute atomic E-state index is 1.82. The molecule has 0 saturated heterocycles. The minimum Gasteiger partial charge on any atom is -0.740 e. The van der Waals surface area contributed by atoms with Crippen LogP contribution < -0.4 is 0 Å². The van der Waals surface area contributed by atoms with Crippen LogP contribution in [0.25, 0.3) is 0 Å². The van der Waals surface area contributed by atoms with E-state index in [-0.39, 0.29) is 0 Å². The first-order valence-electron chi connectivity index (χ1n) is 1.61. The van der Waals surface area contributed by atoms with E-state index >= 15 is 0 Å². The summed E-state index contributed by atoms with van der Waals surface area (Å²) >= 11 is -6.22. The van der Waals surface area contributed by atoms with E-state index in [1.165, 1.54) is 0 Å². The fourth-order valence-electron chi connectivity index (χ4n) is 0.125. The zero-order chi connectivity index (χ0) is 8.15. The molecule has 10 heavy (non-hydrogen) atoms. The Morgan fingerprint density at radius 1 is 1.10 bits per heavy atom. The van der Waals surface area contributed by atoms with Crippen molar-refractivity contribution in [3.63, 3.8) is 0 Å². The summed E-state index contributed by atoms with van der Waals surface area (Å²) in [5.41, 5.74) is 0. The third-order valence-electron chi connectivity index (χ3n) is 0.272. The zero-order valence-electron chi connectivity index (χ0n) is 4.17. The molecule has 0 aliphatic rings. The molecule has 0 aromatic rings. The van der Waals surface area contributed by atoms with Crippen LogP contribution >= 0.6 is 0 Å². The van der Waals surface area contributed by atoms with E-state index in [2.05, 4.69) is 8.37 Å². The lowest BCUT2D eigenvalue weighted by atomic mass is 11.5. The van der Waals surface area contributed by atoms with Crippen molar-refractivity contribution in [2.75, 3.05) is 0 Å². The van der Waals surface area contributed by atoms with Crippen molar-refractivity contribution in [1.29, 1.82) is 0 Å². The molecule has 0 aliphatic carbocycles. The summed E-state index contributed by atoms with van der Waals surface area (Å²) in [6, 6.07) is 0. The fourth-order valence-corrected chi connectivity index (χ4v) is 0.458. The summed E-state index contributed by atoms with van der Waals surface area (Å²) in [6.45, 7) is 0. The van der Waals surface area contributed by atoms with Crippen molar-refractivity contribution < 1.29 is 30.7 Å². The van der Waals surface area contributed by atoms with Crippen LogP contribution in [-0.4, -0.2) is 23.7 Å². The maximum absolute atomic E-state index is 9.83. The maximum Gasteiger partial charge on any atom is 0.535 e. The summed E-state index contributed by atoms with van der Waals surface area (Å²) in [4.78, 5) is 9.83. The number of hydrogen-bond donors (Lipinski definition) is 0. The van der Waals surface area contributed by atoms with E-state index in [4.69, 9.17) is 0 Å². The lowest BCUT2D eigenvalue weighted by Crippen LogP contribution is -2.10. The zero-order valence-corrected chi connectivity index (χ0v) is 5.81. The molecule has 0 saturated carbocycles. The Labute approximate surface area is 60.3 Å². The van der Waals surface area contributed by atoms with Crippen molar-refractivity contribution in [2.24, 2.45) is 0 Å². The third-order valence-corrected chi connectivity index (χ3v) is 0.816. The summed E-state index contributed by atoms with van der Waals surface area (Å²) in [7, 11) is 0. The van der Waals surface area contributed by atoms with Gasteiger partial charge in [0.2, 0.25) is 0 Å². The molecular weight excluding hydrogens is 188 g/mol. The highest BCUT2D eigenvalue weighted by Gasteiger charge is 2.02. The molecule has 0 N–H and O–H groups in total. The molecule has 0 heterocycles. The third kappa shape index (κ3) is 5.62. The monoisotopic (exact) mass is 188 g/mol. The van der Waals surface area contributed by atoms with Crippen LogP contribution in [0, 0.1) is 0 Å². The normalized spacial score (nSPS) is 15.4. The number of rotatable bonds is 2. The first-order valence-corrected chi connectivity index (χ1v) is 3.61. The van der Waals surface area contributed by atoms with Crippen molar-refractivity contribution in [3.8, 4) is 0 Å². The van der Waals surface area contributed by atoms with Crippen LogP contribution in [0.1, 0.15) is 0 Å². The Morgan fingerprint density at radius 2 is 1.40 bits per heavy atom. The highest BCUT2D eigenvalue weighted by molar-refractivity contribution is 7.75. The van der Waals surface area contributed by atoms with E-state index in [1.54, 1.807) is 0 Å². The summed E-state index contributed by atoms with van der Waals surface area (Å²) in [5.74, 6) is 0. The lowest BCUT2D eigenvalue weighted by Gasteiger charge is -2.06. The Kier molecular flexibility index (Phi) is 4.11. The second-order valence-corrected chi connectivity index (χ2v) is 1.97. The molecule has 0 aromatic carbocycles. The van der Waals surface area contributed by atoms with Gasteiger partial charge in [-0.05, 0) is 0 Å². The quantitative estimate of drug-likeness (QED) is 0.496. The SMILES string of the molecule is O=C(OS(=O)[O-])OS(=O)[O-]. The maximum atomic E-state index is 9.83. The molecule has 0 spiro atoms. The predicted molar refractivity (Wildman–Crippen MR) is 25.4 cm³/mol. The van der Waals surface area contributed by atoms with Gasteiger partial charge in [-0.15, -0.1) is 0 Å². The van der Waals surface area contributed by atoms with Gasteiger partial charge in [0, 0.05) is 0 Å². The van der Waals surface area contributed by atoms with Crippen molar-refractivity contribution in [2.45, 2.75) is 0 Å². The van der Waals surface area contributed by atoms with Gasteiger partial charge in [0.25, 0.3) is 0 Å². The van der Waals surface area contributed by atoms with Crippen molar-refractivity contribution >= 4 is 28.9 Å². The Balaban J connectivity index is 3.65. The van der Waals surface area contributed by atoms with Gasteiger partial charge in [0.05, 0.1) is 0 Å². The van der Waals surface area contributed by atoms with Gasteiger partial charge in [0.1, 0.15) is 22.7 Å². The average molecular weight is 188 g/mol. The first-order chi connectivity index (χ1) is 4.52. The first kappa shape index (κ1) is 9.49.